The molecule has 0 aliphatic carbocycles. The second-order valence-electron chi connectivity index (χ2n) is 5.21. The first kappa shape index (κ1) is 10.7. The predicted octanol–water partition coefficient (Wildman–Crippen LogP) is 2.02. The highest BCUT2D eigenvalue weighted by Gasteiger charge is 2.33. The molecule has 0 bridgehead atoms. The first-order chi connectivity index (χ1) is 8.05. The van der Waals surface area contributed by atoms with Crippen molar-refractivity contribution in [3.63, 3.8) is 0 Å². The van der Waals surface area contributed by atoms with E-state index >= 15 is 0 Å². The number of rotatable bonds is 0. The number of nitrogens with two attached hydrogens (primary N) is 1. The number of ether oxygens (including phenoxy) is 3. The fourth-order valence-corrected chi connectivity index (χ4v) is 2.44. The molecular formula is C13H17NO3. The third kappa shape index (κ3) is 1.82. The van der Waals surface area contributed by atoms with Gasteiger partial charge in [0, 0.05) is 24.1 Å². The van der Waals surface area contributed by atoms with Gasteiger partial charge in [-0.2, -0.15) is 0 Å². The van der Waals surface area contributed by atoms with E-state index in [2.05, 4.69) is 0 Å². The monoisotopic (exact) mass is 235 g/mol. The fourth-order valence-electron chi connectivity index (χ4n) is 2.44. The van der Waals surface area contributed by atoms with Crippen LogP contribution in [0.25, 0.3) is 0 Å². The van der Waals surface area contributed by atoms with Crippen molar-refractivity contribution in [3.05, 3.63) is 17.7 Å². The predicted molar refractivity (Wildman–Crippen MR) is 63.7 cm³/mol. The van der Waals surface area contributed by atoms with Gasteiger partial charge in [0.05, 0.1) is 0 Å². The van der Waals surface area contributed by atoms with Gasteiger partial charge in [-0.05, 0) is 19.9 Å². The summed E-state index contributed by atoms with van der Waals surface area (Å²) >= 11 is 0. The van der Waals surface area contributed by atoms with E-state index in [-0.39, 0.29) is 11.6 Å². The van der Waals surface area contributed by atoms with Crippen LogP contribution in [0.2, 0.25) is 0 Å². The molecule has 1 aromatic carbocycles. The minimum atomic E-state index is -0.226. The average Bonchev–Trinajstić information content (AvgIpc) is 2.25. The minimum absolute atomic E-state index is 0.00965. The van der Waals surface area contributed by atoms with Gasteiger partial charge in [-0.25, -0.2) is 0 Å². The van der Waals surface area contributed by atoms with Gasteiger partial charge in [0.1, 0.15) is 24.6 Å². The lowest BCUT2D eigenvalue weighted by Gasteiger charge is -2.36. The molecule has 17 heavy (non-hydrogen) atoms. The van der Waals surface area contributed by atoms with Crippen LogP contribution in [-0.2, 0) is 0 Å². The highest BCUT2D eigenvalue weighted by molar-refractivity contribution is 5.53. The zero-order valence-corrected chi connectivity index (χ0v) is 10.2. The first-order valence-electron chi connectivity index (χ1n) is 5.93. The molecule has 0 amide bonds. The van der Waals surface area contributed by atoms with E-state index in [1.165, 1.54) is 0 Å². The van der Waals surface area contributed by atoms with Gasteiger partial charge in [0.15, 0.2) is 11.5 Å². The highest BCUT2D eigenvalue weighted by atomic mass is 16.6. The third-order valence-electron chi connectivity index (χ3n) is 3.17. The van der Waals surface area contributed by atoms with E-state index in [0.29, 0.717) is 13.2 Å². The molecular weight excluding hydrogens is 218 g/mol. The number of benzene rings is 1. The van der Waals surface area contributed by atoms with Crippen LogP contribution in [-0.4, -0.2) is 18.8 Å². The number of fused-ring (bicyclic) bond motifs is 2. The summed E-state index contributed by atoms with van der Waals surface area (Å²) in [6.45, 7) is 5.27. The maximum Gasteiger partial charge on any atom is 0.165 e. The molecule has 0 saturated heterocycles. The Balaban J connectivity index is 2.07. The quantitative estimate of drug-likeness (QED) is 0.747. The summed E-state index contributed by atoms with van der Waals surface area (Å²) < 4.78 is 17.0. The van der Waals surface area contributed by atoms with E-state index < -0.39 is 0 Å². The zero-order chi connectivity index (χ0) is 12.0. The molecule has 4 heteroatoms. The summed E-state index contributed by atoms with van der Waals surface area (Å²) in [7, 11) is 0. The Morgan fingerprint density at radius 1 is 1.12 bits per heavy atom. The maximum absolute atomic E-state index is 6.18. The smallest absolute Gasteiger partial charge is 0.165 e. The Hall–Kier alpha value is -1.42. The highest BCUT2D eigenvalue weighted by Crippen LogP contribution is 2.44. The van der Waals surface area contributed by atoms with E-state index in [1.807, 2.05) is 26.0 Å². The van der Waals surface area contributed by atoms with E-state index in [0.717, 1.165) is 29.2 Å². The lowest BCUT2D eigenvalue weighted by atomic mass is 9.90. The molecule has 2 N–H and O–H groups in total. The number of hydrogen-bond donors (Lipinski definition) is 1. The van der Waals surface area contributed by atoms with Crippen molar-refractivity contribution in [3.8, 4) is 17.2 Å². The summed E-state index contributed by atoms with van der Waals surface area (Å²) in [4.78, 5) is 0. The van der Waals surface area contributed by atoms with Crippen molar-refractivity contribution < 1.29 is 14.2 Å². The SMILES string of the molecule is CC1(C)CC(N)c2cc3c(cc2O1)OCCO3. The van der Waals surface area contributed by atoms with Gasteiger partial charge in [0.2, 0.25) is 0 Å². The molecule has 4 nitrogen and oxygen atoms in total. The molecule has 2 heterocycles. The van der Waals surface area contributed by atoms with Crippen LogP contribution < -0.4 is 19.9 Å². The molecule has 2 aliphatic rings. The maximum atomic E-state index is 6.18. The summed E-state index contributed by atoms with van der Waals surface area (Å²) in [5.74, 6) is 2.34. The van der Waals surface area contributed by atoms with E-state index in [1.54, 1.807) is 0 Å². The largest absolute Gasteiger partial charge is 0.487 e. The Morgan fingerprint density at radius 3 is 2.47 bits per heavy atom. The second-order valence-corrected chi connectivity index (χ2v) is 5.21. The van der Waals surface area contributed by atoms with Crippen LogP contribution in [0.1, 0.15) is 31.9 Å². The molecule has 0 fully saturated rings. The summed E-state index contributed by atoms with van der Waals surface area (Å²) in [6.07, 6.45) is 0.805. The zero-order valence-electron chi connectivity index (χ0n) is 10.2. The van der Waals surface area contributed by atoms with Crippen molar-refractivity contribution in [1.29, 1.82) is 0 Å². The Morgan fingerprint density at radius 2 is 1.76 bits per heavy atom. The van der Waals surface area contributed by atoms with Crippen molar-refractivity contribution in [2.24, 2.45) is 5.73 Å². The van der Waals surface area contributed by atoms with Crippen molar-refractivity contribution in [2.75, 3.05) is 13.2 Å². The van der Waals surface area contributed by atoms with E-state index in [4.69, 9.17) is 19.9 Å². The minimum Gasteiger partial charge on any atom is -0.487 e. The van der Waals surface area contributed by atoms with Crippen molar-refractivity contribution in [2.45, 2.75) is 31.9 Å². The molecule has 1 aromatic rings. The summed E-state index contributed by atoms with van der Waals surface area (Å²) in [6, 6.07) is 3.83. The van der Waals surface area contributed by atoms with Crippen LogP contribution in [0.3, 0.4) is 0 Å². The van der Waals surface area contributed by atoms with Gasteiger partial charge in [-0.3, -0.25) is 0 Å². The topological polar surface area (TPSA) is 53.7 Å². The average molecular weight is 235 g/mol. The lowest BCUT2D eigenvalue weighted by Crippen LogP contribution is -2.37. The van der Waals surface area contributed by atoms with Gasteiger partial charge in [-0.15, -0.1) is 0 Å². The second kappa shape index (κ2) is 3.53. The third-order valence-corrected chi connectivity index (χ3v) is 3.17. The molecule has 2 aliphatic heterocycles. The van der Waals surface area contributed by atoms with Crippen molar-refractivity contribution >= 4 is 0 Å². The van der Waals surface area contributed by atoms with Gasteiger partial charge >= 0.3 is 0 Å². The lowest BCUT2D eigenvalue weighted by molar-refractivity contribution is 0.0712. The molecule has 92 valence electrons. The van der Waals surface area contributed by atoms with E-state index in [9.17, 15) is 0 Å². The van der Waals surface area contributed by atoms with Gasteiger partial charge < -0.3 is 19.9 Å². The Bertz CT molecular complexity index is 456. The normalized spacial score (nSPS) is 24.8. The fraction of sp³-hybridized carbons (Fsp3) is 0.538. The molecule has 0 radical (unpaired) electrons. The first-order valence-corrected chi connectivity index (χ1v) is 5.93. The van der Waals surface area contributed by atoms with Crippen LogP contribution >= 0.6 is 0 Å². The standard InChI is InChI=1S/C13H17NO3/c1-13(2)7-9(14)8-5-11-12(6-10(8)17-13)16-4-3-15-11/h5-6,9H,3-4,7,14H2,1-2H3. The van der Waals surface area contributed by atoms with Crippen LogP contribution in [0.15, 0.2) is 12.1 Å². The van der Waals surface area contributed by atoms with Crippen LogP contribution in [0, 0.1) is 0 Å². The summed E-state index contributed by atoms with van der Waals surface area (Å²) in [5, 5.41) is 0. The molecule has 3 rings (SSSR count). The van der Waals surface area contributed by atoms with Crippen LogP contribution in [0.4, 0.5) is 0 Å². The summed E-state index contributed by atoms with van der Waals surface area (Å²) in [5.41, 5.74) is 6.96. The van der Waals surface area contributed by atoms with Gasteiger partial charge in [-0.1, -0.05) is 0 Å². The number of hydrogen-bond acceptors (Lipinski definition) is 4. The van der Waals surface area contributed by atoms with Gasteiger partial charge in [0.25, 0.3) is 0 Å². The molecule has 0 saturated carbocycles. The van der Waals surface area contributed by atoms with Crippen LogP contribution in [0.5, 0.6) is 17.2 Å². The Kier molecular flexibility index (Phi) is 2.23. The van der Waals surface area contributed by atoms with Crippen molar-refractivity contribution in [1.82, 2.24) is 0 Å². The Labute approximate surface area is 101 Å². The molecule has 0 aromatic heterocycles. The molecule has 1 unspecified atom stereocenters. The molecule has 0 spiro atoms. The molecule has 1 atom stereocenters.